The highest BCUT2D eigenvalue weighted by Gasteiger charge is 2.15. The number of ketones is 1. The lowest BCUT2D eigenvalue weighted by atomic mass is 10.1. The molecule has 3 heteroatoms. The summed E-state index contributed by atoms with van der Waals surface area (Å²) < 4.78 is 10.5. The summed E-state index contributed by atoms with van der Waals surface area (Å²) in [5, 5.41) is 0. The van der Waals surface area contributed by atoms with E-state index in [1.165, 1.54) is 20.3 Å². The second-order valence-corrected chi connectivity index (χ2v) is 4.15. The summed E-state index contributed by atoms with van der Waals surface area (Å²) in [6.07, 6.45) is 3.30. The van der Waals surface area contributed by atoms with Crippen molar-refractivity contribution >= 4 is 11.9 Å². The van der Waals surface area contributed by atoms with Crippen LogP contribution in [-0.2, 0) is 0 Å². The topological polar surface area (TPSA) is 35.5 Å². The van der Waals surface area contributed by atoms with Crippen molar-refractivity contribution in [1.29, 1.82) is 0 Å². The normalized spacial score (nSPS) is 10.5. The molecule has 0 aliphatic carbocycles. The Hall–Kier alpha value is -2.55. The lowest BCUT2D eigenvalue weighted by molar-refractivity contribution is 0.104. The van der Waals surface area contributed by atoms with Gasteiger partial charge in [0.15, 0.2) is 5.78 Å². The third-order valence-electron chi connectivity index (χ3n) is 2.90. The van der Waals surface area contributed by atoms with Crippen LogP contribution in [0.5, 0.6) is 11.5 Å². The van der Waals surface area contributed by atoms with Crippen molar-refractivity contribution in [3.8, 4) is 11.5 Å². The Morgan fingerprint density at radius 1 is 0.900 bits per heavy atom. The Bertz CT molecular complexity index is 593. The zero-order valence-corrected chi connectivity index (χ0v) is 11.5. The minimum absolute atomic E-state index is 0.150. The van der Waals surface area contributed by atoms with E-state index < -0.39 is 0 Å². The Morgan fingerprint density at radius 2 is 1.50 bits per heavy atom. The van der Waals surface area contributed by atoms with Crippen LogP contribution >= 0.6 is 0 Å². The number of hydrogen-bond acceptors (Lipinski definition) is 3. The molecule has 0 aromatic heterocycles. The van der Waals surface area contributed by atoms with Gasteiger partial charge in [0, 0.05) is 0 Å². The summed E-state index contributed by atoms with van der Waals surface area (Å²) in [7, 11) is 3.07. The molecule has 0 radical (unpaired) electrons. The molecule has 102 valence electrons. The van der Waals surface area contributed by atoms with Gasteiger partial charge in [0.2, 0.25) is 0 Å². The van der Waals surface area contributed by atoms with Crippen LogP contribution in [0.2, 0.25) is 0 Å². The molecule has 0 atom stereocenters. The molecule has 2 rings (SSSR count). The predicted molar refractivity (Wildman–Crippen MR) is 79.4 cm³/mol. The van der Waals surface area contributed by atoms with Crippen molar-refractivity contribution in [2.24, 2.45) is 0 Å². The largest absolute Gasteiger partial charge is 0.496 e. The van der Waals surface area contributed by atoms with Crippen LogP contribution in [-0.4, -0.2) is 20.0 Å². The van der Waals surface area contributed by atoms with E-state index in [0.717, 1.165) is 5.56 Å². The summed E-state index contributed by atoms with van der Waals surface area (Å²) in [4.78, 5) is 12.3. The van der Waals surface area contributed by atoms with Gasteiger partial charge in [0.25, 0.3) is 0 Å². The fraction of sp³-hybridized carbons (Fsp3) is 0.118. The van der Waals surface area contributed by atoms with Gasteiger partial charge in [-0.25, -0.2) is 0 Å². The Kier molecular flexibility index (Phi) is 4.56. The third kappa shape index (κ3) is 3.06. The molecule has 0 unspecified atom stereocenters. The molecule has 0 N–H and O–H groups in total. The van der Waals surface area contributed by atoms with Gasteiger partial charge in [-0.15, -0.1) is 0 Å². The fourth-order valence-electron chi connectivity index (χ4n) is 1.91. The predicted octanol–water partition coefficient (Wildman–Crippen LogP) is 3.60. The van der Waals surface area contributed by atoms with E-state index in [1.54, 1.807) is 24.3 Å². The summed E-state index contributed by atoms with van der Waals surface area (Å²) >= 11 is 0. The van der Waals surface area contributed by atoms with Crippen molar-refractivity contribution in [3.63, 3.8) is 0 Å². The molecule has 0 bridgehead atoms. The van der Waals surface area contributed by atoms with Gasteiger partial charge in [-0.2, -0.15) is 0 Å². The number of hydrogen-bond donors (Lipinski definition) is 0. The maximum atomic E-state index is 12.3. The van der Waals surface area contributed by atoms with E-state index in [1.807, 2.05) is 30.3 Å². The average molecular weight is 268 g/mol. The van der Waals surface area contributed by atoms with Crippen molar-refractivity contribution in [2.45, 2.75) is 0 Å². The van der Waals surface area contributed by atoms with Crippen LogP contribution in [0.1, 0.15) is 15.9 Å². The number of rotatable bonds is 5. The SMILES string of the molecule is COc1cccc(OC)c1C(=O)C=Cc1ccccc1. The number of allylic oxidation sites excluding steroid dienone is 1. The molecule has 0 saturated heterocycles. The van der Waals surface area contributed by atoms with Crippen LogP contribution in [0.4, 0.5) is 0 Å². The van der Waals surface area contributed by atoms with Crippen molar-refractivity contribution < 1.29 is 14.3 Å². The summed E-state index contributed by atoms with van der Waals surface area (Å²) in [6, 6.07) is 14.9. The molecule has 2 aromatic carbocycles. The minimum atomic E-state index is -0.150. The maximum Gasteiger partial charge on any atom is 0.193 e. The van der Waals surface area contributed by atoms with Crippen LogP contribution in [0, 0.1) is 0 Å². The summed E-state index contributed by atoms with van der Waals surface area (Å²) in [5.41, 5.74) is 1.40. The first-order valence-corrected chi connectivity index (χ1v) is 6.24. The Labute approximate surface area is 118 Å². The maximum absolute atomic E-state index is 12.3. The Balaban J connectivity index is 2.32. The molecule has 20 heavy (non-hydrogen) atoms. The van der Waals surface area contributed by atoms with Gasteiger partial charge in [-0.3, -0.25) is 4.79 Å². The average Bonchev–Trinajstić information content (AvgIpc) is 2.52. The van der Waals surface area contributed by atoms with Crippen molar-refractivity contribution in [2.75, 3.05) is 14.2 Å². The van der Waals surface area contributed by atoms with Crippen LogP contribution in [0.3, 0.4) is 0 Å². The van der Waals surface area contributed by atoms with Gasteiger partial charge < -0.3 is 9.47 Å². The van der Waals surface area contributed by atoms with E-state index in [0.29, 0.717) is 17.1 Å². The lowest BCUT2D eigenvalue weighted by Gasteiger charge is -2.10. The molecule has 0 saturated carbocycles. The first kappa shape index (κ1) is 13.9. The quantitative estimate of drug-likeness (QED) is 0.614. The Morgan fingerprint density at radius 3 is 2.05 bits per heavy atom. The van der Waals surface area contributed by atoms with E-state index in [4.69, 9.17) is 9.47 Å². The highest BCUT2D eigenvalue weighted by Crippen LogP contribution is 2.29. The molecule has 2 aromatic rings. The van der Waals surface area contributed by atoms with Gasteiger partial charge >= 0.3 is 0 Å². The van der Waals surface area contributed by atoms with Crippen LogP contribution in [0.15, 0.2) is 54.6 Å². The van der Waals surface area contributed by atoms with E-state index in [-0.39, 0.29) is 5.78 Å². The van der Waals surface area contributed by atoms with Crippen molar-refractivity contribution in [3.05, 3.63) is 65.7 Å². The first-order valence-electron chi connectivity index (χ1n) is 6.24. The lowest BCUT2D eigenvalue weighted by Crippen LogP contribution is -2.02. The molecule has 0 heterocycles. The molecule has 0 fully saturated rings. The number of ether oxygens (including phenoxy) is 2. The van der Waals surface area contributed by atoms with Crippen LogP contribution in [0.25, 0.3) is 6.08 Å². The van der Waals surface area contributed by atoms with Crippen LogP contribution < -0.4 is 9.47 Å². The van der Waals surface area contributed by atoms with E-state index in [9.17, 15) is 4.79 Å². The van der Waals surface area contributed by atoms with Gasteiger partial charge in [0.1, 0.15) is 17.1 Å². The molecular weight excluding hydrogens is 252 g/mol. The standard InChI is InChI=1S/C17H16O3/c1-19-15-9-6-10-16(20-2)17(15)14(18)12-11-13-7-4-3-5-8-13/h3-12H,1-2H3. The number of benzene rings is 2. The zero-order valence-electron chi connectivity index (χ0n) is 11.5. The number of carbonyl (C=O) groups is 1. The van der Waals surface area contributed by atoms with Gasteiger partial charge in [-0.1, -0.05) is 42.5 Å². The second-order valence-electron chi connectivity index (χ2n) is 4.15. The van der Waals surface area contributed by atoms with E-state index in [2.05, 4.69) is 0 Å². The minimum Gasteiger partial charge on any atom is -0.496 e. The van der Waals surface area contributed by atoms with Crippen molar-refractivity contribution in [1.82, 2.24) is 0 Å². The highest BCUT2D eigenvalue weighted by atomic mass is 16.5. The summed E-state index contributed by atoms with van der Waals surface area (Å²) in [5.74, 6) is 0.863. The molecule has 0 amide bonds. The van der Waals surface area contributed by atoms with Gasteiger partial charge in [0.05, 0.1) is 14.2 Å². The molecule has 0 aliphatic heterocycles. The smallest absolute Gasteiger partial charge is 0.193 e. The number of methoxy groups -OCH3 is 2. The molecule has 0 aliphatic rings. The molecular formula is C17H16O3. The first-order chi connectivity index (χ1) is 9.76. The third-order valence-corrected chi connectivity index (χ3v) is 2.90. The monoisotopic (exact) mass is 268 g/mol. The fourth-order valence-corrected chi connectivity index (χ4v) is 1.91. The molecule has 0 spiro atoms. The summed E-state index contributed by atoms with van der Waals surface area (Å²) in [6.45, 7) is 0. The van der Waals surface area contributed by atoms with E-state index >= 15 is 0 Å². The second kappa shape index (κ2) is 6.57. The molecule has 3 nitrogen and oxygen atoms in total. The number of carbonyl (C=O) groups excluding carboxylic acids is 1. The van der Waals surface area contributed by atoms with Gasteiger partial charge in [-0.05, 0) is 23.8 Å². The zero-order chi connectivity index (χ0) is 14.4. The highest BCUT2D eigenvalue weighted by molar-refractivity contribution is 6.10.